The minimum Gasteiger partial charge on any atom is -0.369 e. The minimum absolute atomic E-state index is 0.0141. The zero-order valence-corrected chi connectivity index (χ0v) is 17.4. The van der Waals surface area contributed by atoms with Gasteiger partial charge in [-0.1, -0.05) is 98.2 Å². The topological polar surface area (TPSA) is 60.2 Å². The third-order valence-electron chi connectivity index (χ3n) is 6.24. The summed E-state index contributed by atoms with van der Waals surface area (Å²) in [6, 6.07) is 21.4. The van der Waals surface area contributed by atoms with Crippen molar-refractivity contribution in [3.8, 4) is 0 Å². The van der Waals surface area contributed by atoms with Crippen LogP contribution in [0, 0.1) is 5.92 Å². The fourth-order valence-corrected chi connectivity index (χ4v) is 12.0. The summed E-state index contributed by atoms with van der Waals surface area (Å²) >= 11 is 0. The predicted molar refractivity (Wildman–Crippen MR) is 113 cm³/mol. The summed E-state index contributed by atoms with van der Waals surface area (Å²) < 4.78 is 0. The average Bonchev–Trinajstić information content (AvgIpc) is 2.63. The number of amides is 1. The lowest BCUT2D eigenvalue weighted by molar-refractivity contribution is -0.133. The first-order valence-corrected chi connectivity index (χ1v) is 11.8. The van der Waals surface area contributed by atoms with Crippen molar-refractivity contribution in [2.24, 2.45) is 11.7 Å². The quantitative estimate of drug-likeness (QED) is 0.655. The van der Waals surface area contributed by atoms with E-state index in [1.54, 1.807) is 0 Å². The fourth-order valence-electron chi connectivity index (χ4n) is 5.21. The van der Waals surface area contributed by atoms with E-state index >= 15 is 0 Å². The number of Topliss-reactive ketones (excluding diaryl/α,β-unsaturated/α-hetero) is 1. The van der Waals surface area contributed by atoms with Crippen molar-refractivity contribution < 1.29 is 9.59 Å². The van der Waals surface area contributed by atoms with E-state index in [4.69, 9.17) is 5.73 Å². The molecule has 0 unspecified atom stereocenters. The Labute approximate surface area is 163 Å². The van der Waals surface area contributed by atoms with Crippen LogP contribution in [-0.2, 0) is 9.59 Å². The van der Waals surface area contributed by atoms with E-state index in [-0.39, 0.29) is 16.4 Å². The molecule has 142 valence electrons. The van der Waals surface area contributed by atoms with Gasteiger partial charge in [0.1, 0.15) is 13.9 Å². The third kappa shape index (κ3) is 3.38. The van der Waals surface area contributed by atoms with Crippen molar-refractivity contribution in [1.29, 1.82) is 0 Å². The van der Waals surface area contributed by atoms with E-state index in [2.05, 4.69) is 69.3 Å². The smallest absolute Gasteiger partial charge is 0.227 e. The molecule has 3 nitrogen and oxygen atoms in total. The van der Waals surface area contributed by atoms with E-state index in [0.29, 0.717) is 12.8 Å². The van der Waals surface area contributed by atoms with E-state index in [0.717, 1.165) is 6.42 Å². The lowest BCUT2D eigenvalue weighted by atomic mass is 9.87. The van der Waals surface area contributed by atoms with Crippen LogP contribution in [0.1, 0.15) is 40.0 Å². The maximum atomic E-state index is 12.8. The monoisotopic (exact) mass is 379 g/mol. The number of primary amides is 1. The maximum Gasteiger partial charge on any atom is 0.227 e. The molecule has 0 bridgehead atoms. The number of ketones is 1. The first-order valence-electron chi connectivity index (χ1n) is 9.71. The van der Waals surface area contributed by atoms with Gasteiger partial charge in [0.05, 0.1) is 5.92 Å². The minimum atomic E-state index is -2.33. The predicted octanol–water partition coefficient (Wildman–Crippen LogP) is 3.27. The van der Waals surface area contributed by atoms with Crippen LogP contribution >= 0.6 is 0 Å². The number of nitrogens with two attached hydrogens (primary N) is 1. The lowest BCUT2D eigenvalue weighted by Crippen LogP contribution is -2.68. The first kappa shape index (κ1) is 19.6. The van der Waals surface area contributed by atoms with Crippen molar-refractivity contribution in [2.75, 3.05) is 0 Å². The highest BCUT2D eigenvalue weighted by Crippen LogP contribution is 2.48. The van der Waals surface area contributed by atoms with Crippen molar-refractivity contribution in [3.63, 3.8) is 0 Å². The molecule has 0 radical (unpaired) electrons. The van der Waals surface area contributed by atoms with Gasteiger partial charge in [-0.25, -0.2) is 0 Å². The number of carbonyl (C=O) groups excluding carboxylic acids is 2. The molecule has 0 spiro atoms. The molecular formula is C23H29NO2Si. The van der Waals surface area contributed by atoms with Crippen molar-refractivity contribution in [1.82, 2.24) is 0 Å². The van der Waals surface area contributed by atoms with Crippen LogP contribution in [0.25, 0.3) is 0 Å². The maximum absolute atomic E-state index is 12.8. The second-order valence-electron chi connectivity index (χ2n) is 8.69. The fraction of sp³-hybridized carbons (Fsp3) is 0.391. The summed E-state index contributed by atoms with van der Waals surface area (Å²) in [6.45, 7) is 6.93. The average molecular weight is 380 g/mol. The summed E-state index contributed by atoms with van der Waals surface area (Å²) in [5, 5.41) is 2.73. The molecule has 1 fully saturated rings. The Hall–Kier alpha value is -2.20. The first-order chi connectivity index (χ1) is 12.8. The molecule has 2 aromatic rings. The van der Waals surface area contributed by atoms with Crippen LogP contribution in [0.5, 0.6) is 0 Å². The SMILES string of the molecule is CC(C)(C)[Si](c1ccccc1)(c1ccccc1)[C@H]1CC[C@H](C(N)=O)C(=O)C1. The number of rotatable bonds is 4. The highest BCUT2D eigenvalue weighted by atomic mass is 28.3. The molecule has 2 aromatic carbocycles. The van der Waals surface area contributed by atoms with Crippen molar-refractivity contribution in [2.45, 2.75) is 50.6 Å². The van der Waals surface area contributed by atoms with Gasteiger partial charge in [0.2, 0.25) is 5.91 Å². The second-order valence-corrected chi connectivity index (χ2v) is 13.8. The molecule has 0 saturated heterocycles. The Bertz CT molecular complexity index is 772. The molecule has 3 rings (SSSR count). The van der Waals surface area contributed by atoms with Crippen LogP contribution in [0.4, 0.5) is 0 Å². The Balaban J connectivity index is 2.19. The zero-order valence-electron chi connectivity index (χ0n) is 16.4. The van der Waals surface area contributed by atoms with Crippen LogP contribution in [0.2, 0.25) is 10.6 Å². The van der Waals surface area contributed by atoms with Gasteiger partial charge in [-0.15, -0.1) is 0 Å². The molecule has 0 aromatic heterocycles. The Morgan fingerprint density at radius 2 is 1.41 bits per heavy atom. The van der Waals surface area contributed by atoms with E-state index in [9.17, 15) is 9.59 Å². The summed E-state index contributed by atoms with van der Waals surface area (Å²) in [5.41, 5.74) is 5.73. The number of carbonyl (C=O) groups is 2. The van der Waals surface area contributed by atoms with Crippen LogP contribution < -0.4 is 16.1 Å². The molecule has 0 heterocycles. The molecule has 2 atom stereocenters. The summed E-state index contributed by atoms with van der Waals surface area (Å²) in [7, 11) is -2.33. The molecule has 0 aliphatic heterocycles. The van der Waals surface area contributed by atoms with Gasteiger partial charge in [0, 0.05) is 6.42 Å². The Morgan fingerprint density at radius 3 is 1.78 bits per heavy atom. The molecule has 2 N–H and O–H groups in total. The van der Waals surface area contributed by atoms with Gasteiger partial charge in [0.15, 0.2) is 0 Å². The highest BCUT2D eigenvalue weighted by molar-refractivity contribution is 7.05. The summed E-state index contributed by atoms with van der Waals surface area (Å²) in [4.78, 5) is 24.5. The second kappa shape index (κ2) is 7.43. The van der Waals surface area contributed by atoms with Crippen molar-refractivity contribution in [3.05, 3.63) is 60.7 Å². The van der Waals surface area contributed by atoms with Gasteiger partial charge in [-0.2, -0.15) is 0 Å². The van der Waals surface area contributed by atoms with Crippen LogP contribution in [-0.4, -0.2) is 19.8 Å². The molecule has 1 aliphatic rings. The standard InChI is InChI=1S/C23H29NO2Si/c1-23(2,3)27(17-10-6-4-7-11-17,18-12-8-5-9-13-18)19-14-15-20(22(24)26)21(25)16-19/h4-13,19-20H,14-16H2,1-3H3,(H2,24,26)/t19-,20-/m0/s1. The molecule has 1 amide bonds. The van der Waals surface area contributed by atoms with E-state index in [1.165, 1.54) is 10.4 Å². The Kier molecular flexibility index (Phi) is 5.38. The molecule has 1 aliphatic carbocycles. The molecule has 4 heteroatoms. The van der Waals surface area contributed by atoms with Gasteiger partial charge >= 0.3 is 0 Å². The zero-order chi connectivity index (χ0) is 19.7. The third-order valence-corrected chi connectivity index (χ3v) is 12.8. The van der Waals surface area contributed by atoms with Crippen LogP contribution in [0.15, 0.2) is 60.7 Å². The number of hydrogen-bond donors (Lipinski definition) is 1. The molecule has 1 saturated carbocycles. The Morgan fingerprint density at radius 1 is 0.926 bits per heavy atom. The number of benzene rings is 2. The van der Waals surface area contributed by atoms with E-state index in [1.807, 2.05) is 12.1 Å². The van der Waals surface area contributed by atoms with Gasteiger partial charge in [-0.05, 0) is 17.0 Å². The molecule has 27 heavy (non-hydrogen) atoms. The lowest BCUT2D eigenvalue weighted by Gasteiger charge is -2.50. The highest BCUT2D eigenvalue weighted by Gasteiger charge is 2.54. The van der Waals surface area contributed by atoms with Gasteiger partial charge < -0.3 is 5.73 Å². The van der Waals surface area contributed by atoms with E-state index < -0.39 is 19.9 Å². The van der Waals surface area contributed by atoms with Crippen LogP contribution in [0.3, 0.4) is 0 Å². The van der Waals surface area contributed by atoms with Crippen molar-refractivity contribution >= 4 is 30.1 Å². The number of hydrogen-bond acceptors (Lipinski definition) is 2. The largest absolute Gasteiger partial charge is 0.369 e. The van der Waals surface area contributed by atoms with Gasteiger partial charge in [-0.3, -0.25) is 9.59 Å². The summed E-state index contributed by atoms with van der Waals surface area (Å²) in [5.74, 6) is -1.06. The van der Waals surface area contributed by atoms with Gasteiger partial charge in [0.25, 0.3) is 0 Å². The normalized spacial score (nSPS) is 21.1. The molecular weight excluding hydrogens is 350 g/mol. The summed E-state index contributed by atoms with van der Waals surface area (Å²) in [6.07, 6.45) is 1.89.